The highest BCUT2D eigenvalue weighted by Crippen LogP contribution is 2.30. The molecule has 0 bridgehead atoms. The highest BCUT2D eigenvalue weighted by molar-refractivity contribution is 5.95. The number of furan rings is 1. The number of rotatable bonds is 5. The lowest BCUT2D eigenvalue weighted by Gasteiger charge is -2.31. The van der Waals surface area contributed by atoms with Gasteiger partial charge in [-0.05, 0) is 38.3 Å². The second-order valence-corrected chi connectivity index (χ2v) is 5.20. The summed E-state index contributed by atoms with van der Waals surface area (Å²) < 4.78 is 5.37. The molecule has 2 unspecified atom stereocenters. The van der Waals surface area contributed by atoms with Crippen LogP contribution in [0.3, 0.4) is 0 Å². The molecule has 0 spiro atoms. The maximum Gasteiger partial charge on any atom is 0.257 e. The SMILES string of the molecule is CCc1occc1C(=O)N(CC)C1CCCC1CN. The minimum absolute atomic E-state index is 0.0958. The second-order valence-electron chi connectivity index (χ2n) is 5.20. The quantitative estimate of drug-likeness (QED) is 0.888. The number of nitrogens with two attached hydrogens (primary N) is 1. The zero-order valence-corrected chi connectivity index (χ0v) is 11.9. The van der Waals surface area contributed by atoms with E-state index in [1.54, 1.807) is 12.3 Å². The number of aryl methyl sites for hydroxylation is 1. The standard InChI is InChI=1S/C15H24N2O2/c1-3-14-12(8-9-19-14)15(18)17(4-2)13-7-5-6-11(13)10-16/h8-9,11,13H,3-7,10,16H2,1-2H3. The van der Waals surface area contributed by atoms with E-state index in [1.807, 2.05) is 18.7 Å². The van der Waals surface area contributed by atoms with Crippen molar-refractivity contribution in [3.8, 4) is 0 Å². The van der Waals surface area contributed by atoms with E-state index in [0.29, 0.717) is 24.1 Å². The van der Waals surface area contributed by atoms with Crippen LogP contribution in [-0.2, 0) is 6.42 Å². The number of amides is 1. The van der Waals surface area contributed by atoms with Crippen molar-refractivity contribution in [2.45, 2.75) is 45.6 Å². The topological polar surface area (TPSA) is 59.5 Å². The number of carbonyl (C=O) groups is 1. The van der Waals surface area contributed by atoms with Gasteiger partial charge in [0.15, 0.2) is 0 Å². The number of hydrogen-bond donors (Lipinski definition) is 1. The van der Waals surface area contributed by atoms with Crippen molar-refractivity contribution < 1.29 is 9.21 Å². The van der Waals surface area contributed by atoms with Gasteiger partial charge in [-0.3, -0.25) is 4.79 Å². The Bertz CT molecular complexity index is 428. The molecule has 19 heavy (non-hydrogen) atoms. The molecular weight excluding hydrogens is 240 g/mol. The Kier molecular flexibility index (Phi) is 4.64. The van der Waals surface area contributed by atoms with Gasteiger partial charge in [0, 0.05) is 19.0 Å². The molecule has 1 fully saturated rings. The molecule has 106 valence electrons. The number of carbonyl (C=O) groups excluding carboxylic acids is 1. The molecule has 1 amide bonds. The molecule has 1 heterocycles. The highest BCUT2D eigenvalue weighted by atomic mass is 16.3. The van der Waals surface area contributed by atoms with Gasteiger partial charge in [0.1, 0.15) is 5.76 Å². The van der Waals surface area contributed by atoms with Crippen molar-refractivity contribution in [2.24, 2.45) is 11.7 Å². The van der Waals surface area contributed by atoms with Gasteiger partial charge in [-0.25, -0.2) is 0 Å². The van der Waals surface area contributed by atoms with Gasteiger partial charge in [-0.15, -0.1) is 0 Å². The largest absolute Gasteiger partial charge is 0.469 e. The molecule has 2 atom stereocenters. The Hall–Kier alpha value is -1.29. The summed E-state index contributed by atoms with van der Waals surface area (Å²) in [5, 5.41) is 0. The lowest BCUT2D eigenvalue weighted by Crippen LogP contribution is -2.44. The van der Waals surface area contributed by atoms with Crippen LogP contribution in [0.25, 0.3) is 0 Å². The van der Waals surface area contributed by atoms with E-state index in [-0.39, 0.29) is 5.91 Å². The van der Waals surface area contributed by atoms with Crippen molar-refractivity contribution in [1.82, 2.24) is 4.90 Å². The molecule has 0 aliphatic heterocycles. The van der Waals surface area contributed by atoms with Crippen molar-refractivity contribution >= 4 is 5.91 Å². The first-order chi connectivity index (χ1) is 9.22. The van der Waals surface area contributed by atoms with Crippen LogP contribution in [0, 0.1) is 5.92 Å². The molecule has 2 rings (SSSR count). The summed E-state index contributed by atoms with van der Waals surface area (Å²) in [6.45, 7) is 5.44. The summed E-state index contributed by atoms with van der Waals surface area (Å²) in [5.74, 6) is 1.32. The monoisotopic (exact) mass is 264 g/mol. The summed E-state index contributed by atoms with van der Waals surface area (Å²) in [7, 11) is 0. The number of nitrogens with zero attached hydrogens (tertiary/aromatic N) is 1. The van der Waals surface area contributed by atoms with E-state index >= 15 is 0 Å². The lowest BCUT2D eigenvalue weighted by molar-refractivity contribution is 0.0650. The predicted molar refractivity (Wildman–Crippen MR) is 75.0 cm³/mol. The summed E-state index contributed by atoms with van der Waals surface area (Å²) in [5.41, 5.74) is 6.55. The van der Waals surface area contributed by atoms with Crippen molar-refractivity contribution in [3.05, 3.63) is 23.7 Å². The van der Waals surface area contributed by atoms with Crippen LogP contribution in [0.5, 0.6) is 0 Å². The van der Waals surface area contributed by atoms with Gasteiger partial charge in [0.05, 0.1) is 11.8 Å². The Morgan fingerprint density at radius 3 is 2.89 bits per heavy atom. The van der Waals surface area contributed by atoms with Crippen molar-refractivity contribution in [2.75, 3.05) is 13.1 Å². The Balaban J connectivity index is 2.19. The van der Waals surface area contributed by atoms with Gasteiger partial charge in [0.25, 0.3) is 5.91 Å². The smallest absolute Gasteiger partial charge is 0.257 e. The molecule has 1 aliphatic rings. The van der Waals surface area contributed by atoms with Crippen LogP contribution in [0.15, 0.2) is 16.7 Å². The summed E-state index contributed by atoms with van der Waals surface area (Å²) in [4.78, 5) is 14.7. The third-order valence-electron chi connectivity index (χ3n) is 4.22. The molecule has 1 aliphatic carbocycles. The van der Waals surface area contributed by atoms with E-state index < -0.39 is 0 Å². The van der Waals surface area contributed by atoms with E-state index in [2.05, 4.69) is 0 Å². The first kappa shape index (κ1) is 14.1. The fourth-order valence-electron chi connectivity index (χ4n) is 3.19. The van der Waals surface area contributed by atoms with Crippen LogP contribution in [0.2, 0.25) is 0 Å². The third-order valence-corrected chi connectivity index (χ3v) is 4.22. The number of hydrogen-bond acceptors (Lipinski definition) is 3. The Morgan fingerprint density at radius 2 is 2.26 bits per heavy atom. The minimum atomic E-state index is 0.0958. The molecule has 4 nitrogen and oxygen atoms in total. The zero-order chi connectivity index (χ0) is 13.8. The van der Waals surface area contributed by atoms with E-state index in [1.165, 1.54) is 6.42 Å². The zero-order valence-electron chi connectivity index (χ0n) is 11.9. The molecule has 2 N–H and O–H groups in total. The minimum Gasteiger partial charge on any atom is -0.469 e. The lowest BCUT2D eigenvalue weighted by atomic mass is 10.0. The van der Waals surface area contributed by atoms with Gasteiger partial charge >= 0.3 is 0 Å². The summed E-state index contributed by atoms with van der Waals surface area (Å²) in [6.07, 6.45) is 5.73. The van der Waals surface area contributed by atoms with E-state index in [0.717, 1.165) is 31.6 Å². The van der Waals surface area contributed by atoms with Gasteiger partial charge in [0.2, 0.25) is 0 Å². The normalized spacial score (nSPS) is 22.7. The van der Waals surface area contributed by atoms with Crippen LogP contribution >= 0.6 is 0 Å². The second kappa shape index (κ2) is 6.24. The van der Waals surface area contributed by atoms with Crippen molar-refractivity contribution in [1.29, 1.82) is 0 Å². The maximum absolute atomic E-state index is 12.7. The molecule has 0 saturated heterocycles. The maximum atomic E-state index is 12.7. The van der Waals surface area contributed by atoms with Gasteiger partial charge < -0.3 is 15.1 Å². The third kappa shape index (κ3) is 2.68. The molecule has 0 aromatic carbocycles. The van der Waals surface area contributed by atoms with Crippen LogP contribution in [0.1, 0.15) is 49.2 Å². The fourth-order valence-corrected chi connectivity index (χ4v) is 3.19. The first-order valence-corrected chi connectivity index (χ1v) is 7.30. The molecule has 0 radical (unpaired) electrons. The van der Waals surface area contributed by atoms with Gasteiger partial charge in [-0.2, -0.15) is 0 Å². The van der Waals surface area contributed by atoms with Crippen LogP contribution < -0.4 is 5.73 Å². The predicted octanol–water partition coefficient (Wildman–Crippen LogP) is 2.43. The summed E-state index contributed by atoms with van der Waals surface area (Å²) >= 11 is 0. The molecule has 1 aromatic heterocycles. The van der Waals surface area contributed by atoms with Crippen molar-refractivity contribution in [3.63, 3.8) is 0 Å². The molecular formula is C15H24N2O2. The molecule has 4 heteroatoms. The van der Waals surface area contributed by atoms with Crippen LogP contribution in [-0.4, -0.2) is 29.9 Å². The fraction of sp³-hybridized carbons (Fsp3) is 0.667. The Morgan fingerprint density at radius 1 is 1.47 bits per heavy atom. The van der Waals surface area contributed by atoms with E-state index in [9.17, 15) is 4.79 Å². The van der Waals surface area contributed by atoms with E-state index in [4.69, 9.17) is 10.2 Å². The summed E-state index contributed by atoms with van der Waals surface area (Å²) in [6, 6.07) is 2.08. The molecule has 1 aromatic rings. The Labute approximate surface area is 114 Å². The van der Waals surface area contributed by atoms with Gasteiger partial charge in [-0.1, -0.05) is 13.3 Å². The molecule has 1 saturated carbocycles. The average molecular weight is 264 g/mol. The highest BCUT2D eigenvalue weighted by Gasteiger charge is 2.34. The average Bonchev–Trinajstić information content (AvgIpc) is 3.07. The first-order valence-electron chi connectivity index (χ1n) is 7.30. The van der Waals surface area contributed by atoms with Crippen LogP contribution in [0.4, 0.5) is 0 Å².